The van der Waals surface area contributed by atoms with Crippen LogP contribution in [0.1, 0.15) is 111 Å². The van der Waals surface area contributed by atoms with Crippen molar-refractivity contribution in [1.29, 1.82) is 5.26 Å². The molecule has 2 aliphatic rings. The Morgan fingerprint density at radius 2 is 0.731 bits per heavy atom. The molecule has 0 radical (unpaired) electrons. The van der Waals surface area contributed by atoms with Gasteiger partial charge in [-0.2, -0.15) is 5.26 Å². The van der Waals surface area contributed by atoms with Crippen LogP contribution in [0.25, 0.3) is 110 Å². The Bertz CT molecular complexity index is 6090. The van der Waals surface area contributed by atoms with Crippen LogP contribution >= 0.6 is 0 Å². The maximum atomic E-state index is 10.2. The van der Waals surface area contributed by atoms with Crippen LogP contribution in [0.3, 0.4) is 0 Å². The number of rotatable bonds is 10. The van der Waals surface area contributed by atoms with Crippen molar-refractivity contribution in [2.24, 2.45) is 0 Å². The summed E-state index contributed by atoms with van der Waals surface area (Å²) >= 11 is 0. The minimum absolute atomic E-state index is 0.0912. The molecule has 17 rings (SSSR count). The van der Waals surface area contributed by atoms with E-state index in [2.05, 4.69) is 387 Å². The molecule has 0 N–H and O–H groups in total. The average molecular weight is 1390 g/mol. The van der Waals surface area contributed by atoms with Crippen molar-refractivity contribution < 1.29 is 0 Å². The second-order valence-corrected chi connectivity index (χ2v) is 33.6. The highest BCUT2D eigenvalue weighted by molar-refractivity contribution is 7.00. The van der Waals surface area contributed by atoms with E-state index in [1.807, 2.05) is 24.3 Å². The zero-order valence-corrected chi connectivity index (χ0v) is 63.7. The second kappa shape index (κ2) is 26.2. The summed E-state index contributed by atoms with van der Waals surface area (Å²) in [6, 6.07) is 116. The molecule has 3 heterocycles. The molecule has 0 bridgehead atoms. The largest absolute Gasteiger partial charge is 0.310 e. The molecule has 0 atom stereocenters. The van der Waals surface area contributed by atoms with Gasteiger partial charge in [0, 0.05) is 61.5 Å². The molecule has 108 heavy (non-hydrogen) atoms. The summed E-state index contributed by atoms with van der Waals surface area (Å²) in [6.45, 7) is 35.5. The quantitative estimate of drug-likeness (QED) is 0.101. The second-order valence-electron chi connectivity index (χ2n) is 33.6. The van der Waals surface area contributed by atoms with E-state index in [9.17, 15) is 5.26 Å². The van der Waals surface area contributed by atoms with E-state index in [1.54, 1.807) is 0 Å². The molecule has 14 aromatic carbocycles. The fraction of sp³-hybridized carbons (Fsp3) is 0.157. The van der Waals surface area contributed by atoms with Gasteiger partial charge in [0.15, 0.2) is 5.69 Å². The number of aromatic nitrogens is 1. The van der Waals surface area contributed by atoms with Gasteiger partial charge in [-0.05, 0) is 195 Å². The van der Waals surface area contributed by atoms with E-state index >= 15 is 0 Å². The van der Waals surface area contributed by atoms with Crippen LogP contribution in [0.2, 0.25) is 0 Å². The molecule has 0 amide bonds. The van der Waals surface area contributed by atoms with Gasteiger partial charge in [0.05, 0.1) is 40.6 Å². The first kappa shape index (κ1) is 68.6. The van der Waals surface area contributed by atoms with Gasteiger partial charge in [-0.25, -0.2) is 4.85 Å². The van der Waals surface area contributed by atoms with Gasteiger partial charge in [-0.1, -0.05) is 308 Å². The number of hydrogen-bond acceptors (Lipinski definition) is 3. The predicted molar refractivity (Wildman–Crippen MR) is 459 cm³/mol. The van der Waals surface area contributed by atoms with Crippen molar-refractivity contribution in [3.63, 3.8) is 0 Å². The molecule has 0 fully saturated rings. The Labute approximate surface area is 637 Å². The molecule has 0 saturated carbocycles. The van der Waals surface area contributed by atoms with E-state index in [1.165, 1.54) is 55.0 Å². The van der Waals surface area contributed by atoms with Gasteiger partial charge >= 0.3 is 0 Å². The molecule has 0 unspecified atom stereocenters. The summed E-state index contributed by atoms with van der Waals surface area (Å²) in [5.41, 5.74) is 34.0. The molecule has 0 aliphatic carbocycles. The standard InChI is InChI=1S/C102H86BN5/c1-99(2,3)76-46-39-70(40-47-76)86-58-74(66-37-35-65(64-104)36-38-66)56-84(68-25-16-14-17-26-68)97(86)107-92-54-45-73(72-29-24-30-78(55-72)101(7,8)9)60-89(92)103-88-53-52-81(106-90-33-22-20-31-82(90)83-32-21-23-34-91(83)106)63-93(88)108(95-62-79(102(10,11)12)61-94(107)96(95)103)98-85(69-27-18-15-19-28-69)57-75(67-43-50-80(105-13)51-44-67)59-87(98)71-41-48-77(49-42-71)100(4,5)6/h14-63H,1-12H3. The van der Waals surface area contributed by atoms with Crippen LogP contribution in [0.15, 0.2) is 303 Å². The molecular formula is C102H86BN5. The predicted octanol–water partition coefficient (Wildman–Crippen LogP) is 26.1. The Morgan fingerprint density at radius 1 is 0.315 bits per heavy atom. The number of nitrogens with zero attached hydrogens (tertiary/aromatic N) is 5. The fourth-order valence-electron chi connectivity index (χ4n) is 16.6. The molecule has 0 saturated heterocycles. The summed E-state index contributed by atoms with van der Waals surface area (Å²) in [4.78, 5) is 9.22. The fourth-order valence-corrected chi connectivity index (χ4v) is 16.6. The van der Waals surface area contributed by atoms with Gasteiger partial charge in [-0.3, -0.25) is 0 Å². The van der Waals surface area contributed by atoms with E-state index in [0.717, 1.165) is 123 Å². The molecule has 2 aliphatic heterocycles. The zero-order chi connectivity index (χ0) is 74.7. The topological polar surface area (TPSA) is 39.6 Å². The zero-order valence-electron chi connectivity index (χ0n) is 63.7. The minimum Gasteiger partial charge on any atom is -0.310 e. The Balaban J connectivity index is 1.06. The third-order valence-electron chi connectivity index (χ3n) is 22.5. The van der Waals surface area contributed by atoms with Gasteiger partial charge in [0.2, 0.25) is 0 Å². The van der Waals surface area contributed by atoms with Gasteiger partial charge < -0.3 is 14.4 Å². The summed E-state index contributed by atoms with van der Waals surface area (Å²) < 4.78 is 2.48. The molecule has 5 nitrogen and oxygen atoms in total. The normalized spacial score (nSPS) is 12.7. The lowest BCUT2D eigenvalue weighted by atomic mass is 9.33. The summed E-state index contributed by atoms with van der Waals surface area (Å²) in [7, 11) is 0. The number of fused-ring (bicyclic) bond motifs is 7. The van der Waals surface area contributed by atoms with Crippen molar-refractivity contribution in [2.75, 3.05) is 9.80 Å². The highest BCUT2D eigenvalue weighted by atomic mass is 15.2. The van der Waals surface area contributed by atoms with Gasteiger partial charge in [0.25, 0.3) is 6.71 Å². The van der Waals surface area contributed by atoms with E-state index in [4.69, 9.17) is 6.57 Å². The van der Waals surface area contributed by atoms with Crippen molar-refractivity contribution in [2.45, 2.75) is 105 Å². The SMILES string of the molecule is [C-]#[N+]c1ccc(-c2cc(-c3ccccc3)c(N3c4cc(-n5c6ccccc6c6ccccc65)ccc4B4c5cc(-c6cccc(C(C)(C)C)c6)ccc5N(c5c(-c6ccccc6)cc(-c6ccc(C#N)cc6)cc5-c5ccc(C(C)(C)C)cc5)c5cc(C(C)(C)C)cc3c54)c(-c3ccc(C(C)(C)C)cc3)c2)cc1. The highest BCUT2D eigenvalue weighted by Crippen LogP contribution is 2.56. The molecule has 1 aromatic heterocycles. The number of nitriles is 1. The van der Waals surface area contributed by atoms with Crippen molar-refractivity contribution in [3.8, 4) is 89.6 Å². The van der Waals surface area contributed by atoms with Crippen LogP contribution in [-0.2, 0) is 21.7 Å². The van der Waals surface area contributed by atoms with Crippen molar-refractivity contribution in [3.05, 3.63) is 343 Å². The summed E-state index contributed by atoms with van der Waals surface area (Å²) in [5, 5.41) is 12.6. The third-order valence-corrected chi connectivity index (χ3v) is 22.5. The highest BCUT2D eigenvalue weighted by Gasteiger charge is 2.46. The number of para-hydroxylation sites is 2. The summed E-state index contributed by atoms with van der Waals surface area (Å²) in [6.07, 6.45) is 0. The van der Waals surface area contributed by atoms with Gasteiger partial charge in [0.1, 0.15) is 0 Å². The lowest BCUT2D eigenvalue weighted by Crippen LogP contribution is -2.61. The number of anilines is 6. The Hall–Kier alpha value is -12.5. The first-order valence-electron chi connectivity index (χ1n) is 37.8. The minimum atomic E-state index is -0.381. The van der Waals surface area contributed by atoms with Crippen LogP contribution in [0.5, 0.6) is 0 Å². The Morgan fingerprint density at radius 3 is 1.20 bits per heavy atom. The van der Waals surface area contributed by atoms with Gasteiger partial charge in [-0.15, -0.1) is 0 Å². The average Bonchev–Trinajstić information content (AvgIpc) is 0.704. The Kier molecular flexibility index (Phi) is 16.7. The van der Waals surface area contributed by atoms with Crippen LogP contribution < -0.4 is 26.2 Å². The maximum absolute atomic E-state index is 10.2. The number of benzene rings is 14. The first-order valence-corrected chi connectivity index (χ1v) is 37.8. The molecule has 522 valence electrons. The maximum Gasteiger partial charge on any atom is 0.252 e. The molecule has 6 heteroatoms. The lowest BCUT2D eigenvalue weighted by Gasteiger charge is -2.46. The van der Waals surface area contributed by atoms with Crippen LogP contribution in [-0.4, -0.2) is 11.3 Å². The molecule has 0 spiro atoms. The smallest absolute Gasteiger partial charge is 0.252 e. The van der Waals surface area contributed by atoms with Crippen LogP contribution in [0.4, 0.5) is 39.8 Å². The first-order chi connectivity index (χ1) is 52.0. The van der Waals surface area contributed by atoms with E-state index in [-0.39, 0.29) is 28.4 Å². The van der Waals surface area contributed by atoms with Crippen molar-refractivity contribution in [1.82, 2.24) is 4.57 Å². The van der Waals surface area contributed by atoms with E-state index < -0.39 is 0 Å². The number of hydrogen-bond donors (Lipinski definition) is 0. The summed E-state index contributed by atoms with van der Waals surface area (Å²) in [5.74, 6) is 0. The molecular weight excluding hydrogens is 1310 g/mol. The van der Waals surface area contributed by atoms with E-state index in [0.29, 0.717) is 11.3 Å². The monoisotopic (exact) mass is 1390 g/mol. The third kappa shape index (κ3) is 12.1. The van der Waals surface area contributed by atoms with Crippen molar-refractivity contribution >= 4 is 84.7 Å². The van der Waals surface area contributed by atoms with Crippen LogP contribution in [0, 0.1) is 17.9 Å². The lowest BCUT2D eigenvalue weighted by molar-refractivity contribution is 0.590. The molecule has 15 aromatic rings.